The molecule has 98 valence electrons. The summed E-state index contributed by atoms with van der Waals surface area (Å²) >= 11 is 2.02. The third-order valence-electron chi connectivity index (χ3n) is 3.85. The fourth-order valence-corrected chi connectivity index (χ4v) is 3.87. The second-order valence-electron chi connectivity index (χ2n) is 5.26. The molecule has 2 N–H and O–H groups in total. The first-order valence-electron chi connectivity index (χ1n) is 6.90. The lowest BCUT2D eigenvalue weighted by atomic mass is 9.98. The van der Waals surface area contributed by atoms with E-state index in [1.165, 1.54) is 30.8 Å². The molecule has 0 aromatic rings. The van der Waals surface area contributed by atoms with Crippen molar-refractivity contribution in [3.05, 3.63) is 0 Å². The summed E-state index contributed by atoms with van der Waals surface area (Å²) in [6.45, 7) is 3.15. The zero-order valence-electron chi connectivity index (χ0n) is 10.5. The first kappa shape index (κ1) is 13.2. The summed E-state index contributed by atoms with van der Waals surface area (Å²) in [5.41, 5.74) is 0. The molecule has 0 saturated carbocycles. The summed E-state index contributed by atoms with van der Waals surface area (Å²) in [5, 5.41) is 6.44. The minimum atomic E-state index is 0.271. The van der Waals surface area contributed by atoms with Gasteiger partial charge in [-0.05, 0) is 62.1 Å². The minimum absolute atomic E-state index is 0.271. The Balaban J connectivity index is 1.53. The van der Waals surface area contributed by atoms with Crippen LogP contribution in [0.3, 0.4) is 0 Å². The second-order valence-corrected chi connectivity index (χ2v) is 6.48. The molecule has 0 aliphatic carbocycles. The van der Waals surface area contributed by atoms with Crippen LogP contribution in [-0.4, -0.2) is 37.0 Å². The molecule has 2 saturated heterocycles. The molecule has 0 radical (unpaired) electrons. The number of carbonyl (C=O) groups is 1. The van der Waals surface area contributed by atoms with Crippen LogP contribution in [0.4, 0.5) is 0 Å². The molecule has 2 rings (SSSR count). The Hall–Kier alpha value is -0.220. The lowest BCUT2D eigenvalue weighted by Gasteiger charge is -2.20. The van der Waals surface area contributed by atoms with Gasteiger partial charge in [-0.1, -0.05) is 0 Å². The molecule has 2 heterocycles. The summed E-state index contributed by atoms with van der Waals surface area (Å²) in [6, 6.07) is 0. The van der Waals surface area contributed by atoms with E-state index in [0.29, 0.717) is 5.92 Å². The maximum Gasteiger partial charge on any atom is 0.220 e. The van der Waals surface area contributed by atoms with E-state index in [1.807, 2.05) is 11.8 Å². The van der Waals surface area contributed by atoms with Crippen molar-refractivity contribution in [1.82, 2.24) is 10.6 Å². The summed E-state index contributed by atoms with van der Waals surface area (Å²) in [7, 11) is 0. The van der Waals surface area contributed by atoms with Crippen LogP contribution in [0, 0.1) is 11.8 Å². The van der Waals surface area contributed by atoms with Crippen molar-refractivity contribution in [3.8, 4) is 0 Å². The molecule has 1 atom stereocenters. The molecule has 1 unspecified atom stereocenters. The third kappa shape index (κ3) is 4.88. The number of rotatable bonds is 5. The van der Waals surface area contributed by atoms with Gasteiger partial charge >= 0.3 is 0 Å². The minimum Gasteiger partial charge on any atom is -0.356 e. The molecule has 1 amide bonds. The highest BCUT2D eigenvalue weighted by atomic mass is 32.2. The number of thioether (sulfide) groups is 1. The van der Waals surface area contributed by atoms with Gasteiger partial charge in [0.1, 0.15) is 0 Å². The van der Waals surface area contributed by atoms with Crippen molar-refractivity contribution in [3.63, 3.8) is 0 Å². The van der Waals surface area contributed by atoms with E-state index in [1.54, 1.807) is 0 Å². The van der Waals surface area contributed by atoms with Gasteiger partial charge in [0, 0.05) is 13.0 Å². The smallest absolute Gasteiger partial charge is 0.220 e. The molecular weight excluding hydrogens is 232 g/mol. The molecule has 0 aromatic carbocycles. The Morgan fingerprint density at radius 1 is 1.24 bits per heavy atom. The quantitative estimate of drug-likeness (QED) is 0.785. The Bertz CT molecular complexity index is 236. The van der Waals surface area contributed by atoms with Crippen LogP contribution in [0.1, 0.15) is 32.1 Å². The Kier molecular flexibility index (Phi) is 5.65. The van der Waals surface area contributed by atoms with Crippen LogP contribution in [0.5, 0.6) is 0 Å². The van der Waals surface area contributed by atoms with Gasteiger partial charge in [-0.25, -0.2) is 0 Å². The Morgan fingerprint density at radius 3 is 2.76 bits per heavy atom. The van der Waals surface area contributed by atoms with Crippen molar-refractivity contribution < 1.29 is 4.79 Å². The van der Waals surface area contributed by atoms with E-state index in [-0.39, 0.29) is 5.91 Å². The van der Waals surface area contributed by atoms with E-state index in [9.17, 15) is 4.79 Å². The van der Waals surface area contributed by atoms with Crippen molar-refractivity contribution in [1.29, 1.82) is 0 Å². The molecular formula is C13H24N2OS. The second kappa shape index (κ2) is 7.27. The van der Waals surface area contributed by atoms with Crippen molar-refractivity contribution in [2.45, 2.75) is 32.1 Å². The SMILES string of the molecule is O=C(CC1CCSCC1)NCCC1CCNC1. The predicted molar refractivity (Wildman–Crippen MR) is 73.3 cm³/mol. The average molecular weight is 256 g/mol. The molecule has 2 aliphatic heterocycles. The average Bonchev–Trinajstić information content (AvgIpc) is 2.83. The lowest BCUT2D eigenvalue weighted by Crippen LogP contribution is -2.29. The van der Waals surface area contributed by atoms with Gasteiger partial charge in [-0.2, -0.15) is 11.8 Å². The van der Waals surface area contributed by atoms with Crippen LogP contribution < -0.4 is 10.6 Å². The largest absolute Gasteiger partial charge is 0.356 e. The summed E-state index contributed by atoms with van der Waals surface area (Å²) < 4.78 is 0. The number of carbonyl (C=O) groups excluding carboxylic acids is 1. The van der Waals surface area contributed by atoms with Gasteiger partial charge in [0.15, 0.2) is 0 Å². The highest BCUT2D eigenvalue weighted by molar-refractivity contribution is 7.99. The van der Waals surface area contributed by atoms with Gasteiger partial charge in [0.2, 0.25) is 5.91 Å². The fourth-order valence-electron chi connectivity index (χ4n) is 2.66. The topological polar surface area (TPSA) is 41.1 Å². The van der Waals surface area contributed by atoms with Crippen LogP contribution in [0.25, 0.3) is 0 Å². The van der Waals surface area contributed by atoms with Crippen LogP contribution in [-0.2, 0) is 4.79 Å². The predicted octanol–water partition coefficient (Wildman–Crippen LogP) is 1.64. The molecule has 4 heteroatoms. The van der Waals surface area contributed by atoms with Crippen LogP contribution in [0.15, 0.2) is 0 Å². The molecule has 0 spiro atoms. The maximum absolute atomic E-state index is 11.8. The van der Waals surface area contributed by atoms with Gasteiger partial charge in [0.05, 0.1) is 0 Å². The molecule has 2 fully saturated rings. The monoisotopic (exact) mass is 256 g/mol. The van der Waals surface area contributed by atoms with Crippen LogP contribution >= 0.6 is 11.8 Å². The zero-order valence-corrected chi connectivity index (χ0v) is 11.4. The first-order chi connectivity index (χ1) is 8.34. The molecule has 17 heavy (non-hydrogen) atoms. The van der Waals surface area contributed by atoms with E-state index >= 15 is 0 Å². The number of hydrogen-bond acceptors (Lipinski definition) is 3. The van der Waals surface area contributed by atoms with Crippen molar-refractivity contribution in [2.75, 3.05) is 31.1 Å². The number of amides is 1. The van der Waals surface area contributed by atoms with E-state index in [0.717, 1.165) is 38.4 Å². The van der Waals surface area contributed by atoms with Gasteiger partial charge in [-0.3, -0.25) is 4.79 Å². The first-order valence-corrected chi connectivity index (χ1v) is 8.05. The standard InChI is InChI=1S/C13H24N2OS/c16-13(9-11-3-7-17-8-4-11)15-6-2-12-1-5-14-10-12/h11-12,14H,1-10H2,(H,15,16). The van der Waals surface area contributed by atoms with Gasteiger partial charge in [-0.15, -0.1) is 0 Å². The summed E-state index contributed by atoms with van der Waals surface area (Å²) in [5.74, 6) is 4.18. The Labute approximate surface area is 108 Å². The summed E-state index contributed by atoms with van der Waals surface area (Å²) in [4.78, 5) is 11.8. The normalized spacial score (nSPS) is 26.0. The van der Waals surface area contributed by atoms with E-state index in [2.05, 4.69) is 10.6 Å². The summed E-state index contributed by atoms with van der Waals surface area (Å²) in [6.07, 6.45) is 5.62. The Morgan fingerprint density at radius 2 is 2.06 bits per heavy atom. The number of nitrogens with one attached hydrogen (secondary N) is 2. The third-order valence-corrected chi connectivity index (χ3v) is 4.90. The molecule has 2 aliphatic rings. The fraction of sp³-hybridized carbons (Fsp3) is 0.923. The van der Waals surface area contributed by atoms with E-state index < -0.39 is 0 Å². The van der Waals surface area contributed by atoms with Crippen LogP contribution in [0.2, 0.25) is 0 Å². The zero-order chi connectivity index (χ0) is 11.9. The molecule has 3 nitrogen and oxygen atoms in total. The molecule has 0 bridgehead atoms. The lowest BCUT2D eigenvalue weighted by molar-refractivity contribution is -0.122. The van der Waals surface area contributed by atoms with Gasteiger partial charge < -0.3 is 10.6 Å². The highest BCUT2D eigenvalue weighted by Gasteiger charge is 2.18. The van der Waals surface area contributed by atoms with Crippen molar-refractivity contribution in [2.24, 2.45) is 11.8 Å². The molecule has 0 aromatic heterocycles. The van der Waals surface area contributed by atoms with Gasteiger partial charge in [0.25, 0.3) is 0 Å². The van der Waals surface area contributed by atoms with Crippen molar-refractivity contribution >= 4 is 17.7 Å². The maximum atomic E-state index is 11.8. The number of hydrogen-bond donors (Lipinski definition) is 2. The highest BCUT2D eigenvalue weighted by Crippen LogP contribution is 2.25. The van der Waals surface area contributed by atoms with E-state index in [4.69, 9.17) is 0 Å².